The SMILES string of the molecule is CN(C)C(=O)CN(CC(F)(F)F)C(=O)CCCCO. The Morgan fingerprint density at radius 1 is 1.11 bits per heavy atom. The zero-order chi connectivity index (χ0) is 15.1. The third-order valence-electron chi connectivity index (χ3n) is 2.35. The van der Waals surface area contributed by atoms with Gasteiger partial charge in [-0.2, -0.15) is 13.2 Å². The molecule has 0 rings (SSSR count). The summed E-state index contributed by atoms with van der Waals surface area (Å²) in [5, 5.41) is 8.56. The molecule has 1 N–H and O–H groups in total. The van der Waals surface area contributed by atoms with Gasteiger partial charge in [-0.05, 0) is 12.8 Å². The number of aliphatic hydroxyl groups excluding tert-OH is 1. The quantitative estimate of drug-likeness (QED) is 0.697. The van der Waals surface area contributed by atoms with E-state index in [1.165, 1.54) is 14.1 Å². The highest BCUT2D eigenvalue weighted by molar-refractivity contribution is 5.84. The minimum Gasteiger partial charge on any atom is -0.396 e. The number of carbonyl (C=O) groups is 2. The number of amides is 2. The third kappa shape index (κ3) is 8.41. The van der Waals surface area contributed by atoms with Crippen LogP contribution in [0, 0.1) is 0 Å². The maximum absolute atomic E-state index is 12.3. The molecule has 0 bridgehead atoms. The monoisotopic (exact) mass is 284 g/mol. The van der Waals surface area contributed by atoms with Crippen LogP contribution in [0.3, 0.4) is 0 Å². The lowest BCUT2D eigenvalue weighted by Crippen LogP contribution is -2.44. The van der Waals surface area contributed by atoms with Gasteiger partial charge in [-0.15, -0.1) is 0 Å². The van der Waals surface area contributed by atoms with E-state index in [1.807, 2.05) is 0 Å². The number of hydrogen-bond acceptors (Lipinski definition) is 3. The highest BCUT2D eigenvalue weighted by Crippen LogP contribution is 2.17. The molecule has 19 heavy (non-hydrogen) atoms. The van der Waals surface area contributed by atoms with E-state index in [0.717, 1.165) is 4.90 Å². The fourth-order valence-electron chi connectivity index (χ4n) is 1.30. The smallest absolute Gasteiger partial charge is 0.396 e. The van der Waals surface area contributed by atoms with E-state index in [0.29, 0.717) is 17.7 Å². The molecule has 5 nitrogen and oxygen atoms in total. The number of hydrogen-bond donors (Lipinski definition) is 1. The average Bonchev–Trinajstić information content (AvgIpc) is 2.26. The summed E-state index contributed by atoms with van der Waals surface area (Å²) < 4.78 is 37.0. The minimum atomic E-state index is -4.54. The van der Waals surface area contributed by atoms with Gasteiger partial charge >= 0.3 is 6.18 Å². The summed E-state index contributed by atoms with van der Waals surface area (Å²) in [6.07, 6.45) is -4.02. The predicted octanol–water partition coefficient (Wildman–Crippen LogP) is 0.628. The second-order valence-electron chi connectivity index (χ2n) is 4.33. The molecule has 0 saturated carbocycles. The molecule has 0 aromatic heterocycles. The molecule has 0 aromatic rings. The molecule has 0 radical (unpaired) electrons. The van der Waals surface area contributed by atoms with Crippen molar-refractivity contribution in [2.24, 2.45) is 0 Å². The number of alkyl halides is 3. The van der Waals surface area contributed by atoms with Crippen molar-refractivity contribution in [1.82, 2.24) is 9.80 Å². The van der Waals surface area contributed by atoms with E-state index in [-0.39, 0.29) is 13.0 Å². The van der Waals surface area contributed by atoms with Gasteiger partial charge in [0, 0.05) is 27.1 Å². The van der Waals surface area contributed by atoms with E-state index in [9.17, 15) is 22.8 Å². The van der Waals surface area contributed by atoms with Crippen molar-refractivity contribution in [3.63, 3.8) is 0 Å². The number of rotatable bonds is 7. The normalized spacial score (nSPS) is 11.3. The summed E-state index contributed by atoms with van der Waals surface area (Å²) in [6, 6.07) is 0. The average molecular weight is 284 g/mol. The summed E-state index contributed by atoms with van der Waals surface area (Å²) in [5.41, 5.74) is 0. The molecule has 0 heterocycles. The number of aliphatic hydroxyl groups is 1. The van der Waals surface area contributed by atoms with Gasteiger partial charge in [0.05, 0.1) is 0 Å². The first-order valence-corrected chi connectivity index (χ1v) is 5.83. The number of likely N-dealkylation sites (N-methyl/N-ethyl adjacent to an activating group) is 1. The second-order valence-corrected chi connectivity index (χ2v) is 4.33. The molecular formula is C11H19F3N2O3. The Bertz CT molecular complexity index is 306. The highest BCUT2D eigenvalue weighted by atomic mass is 19.4. The van der Waals surface area contributed by atoms with Crippen LogP contribution in [0.25, 0.3) is 0 Å². The van der Waals surface area contributed by atoms with Gasteiger partial charge in [-0.1, -0.05) is 0 Å². The lowest BCUT2D eigenvalue weighted by molar-refractivity contribution is -0.164. The fourth-order valence-corrected chi connectivity index (χ4v) is 1.30. The predicted molar refractivity (Wildman–Crippen MR) is 62.3 cm³/mol. The number of carbonyl (C=O) groups excluding carboxylic acids is 2. The van der Waals surface area contributed by atoms with Gasteiger partial charge in [0.15, 0.2) is 0 Å². The molecule has 0 aliphatic rings. The lowest BCUT2D eigenvalue weighted by Gasteiger charge is -2.24. The lowest BCUT2D eigenvalue weighted by atomic mass is 10.2. The fraction of sp³-hybridized carbons (Fsp3) is 0.818. The van der Waals surface area contributed by atoms with Crippen LogP contribution in [0.1, 0.15) is 19.3 Å². The molecular weight excluding hydrogens is 265 g/mol. The summed E-state index contributed by atoms with van der Waals surface area (Å²) in [5.74, 6) is -1.30. The zero-order valence-electron chi connectivity index (χ0n) is 11.0. The Morgan fingerprint density at radius 3 is 2.11 bits per heavy atom. The Hall–Kier alpha value is -1.31. The molecule has 0 fully saturated rings. The first-order valence-electron chi connectivity index (χ1n) is 5.83. The van der Waals surface area contributed by atoms with Crippen molar-refractivity contribution < 1.29 is 27.9 Å². The van der Waals surface area contributed by atoms with Crippen LogP contribution >= 0.6 is 0 Å². The molecule has 0 aliphatic carbocycles. The standard InChI is InChI=1S/C11H19F3N2O3/c1-15(2)10(19)7-16(8-11(12,13)14)9(18)5-3-4-6-17/h17H,3-8H2,1-2H3. The van der Waals surface area contributed by atoms with Crippen LogP contribution in [-0.4, -0.2) is 66.7 Å². The highest BCUT2D eigenvalue weighted by Gasteiger charge is 2.33. The molecule has 2 amide bonds. The van der Waals surface area contributed by atoms with E-state index in [1.54, 1.807) is 0 Å². The topological polar surface area (TPSA) is 60.9 Å². The molecule has 0 unspecified atom stereocenters. The largest absolute Gasteiger partial charge is 0.406 e. The van der Waals surface area contributed by atoms with Crippen molar-refractivity contribution >= 4 is 11.8 Å². The van der Waals surface area contributed by atoms with Crippen LogP contribution in [0.2, 0.25) is 0 Å². The second kappa shape index (κ2) is 7.98. The summed E-state index contributed by atoms with van der Waals surface area (Å²) >= 11 is 0. The zero-order valence-corrected chi connectivity index (χ0v) is 11.0. The first-order chi connectivity index (χ1) is 8.67. The van der Waals surface area contributed by atoms with E-state index >= 15 is 0 Å². The maximum Gasteiger partial charge on any atom is 0.406 e. The molecule has 112 valence electrons. The third-order valence-corrected chi connectivity index (χ3v) is 2.35. The van der Waals surface area contributed by atoms with Gasteiger partial charge in [-0.25, -0.2) is 0 Å². The van der Waals surface area contributed by atoms with E-state index < -0.39 is 31.1 Å². The number of halogens is 3. The van der Waals surface area contributed by atoms with Crippen LogP contribution in [0.4, 0.5) is 13.2 Å². The number of nitrogens with zero attached hydrogens (tertiary/aromatic N) is 2. The maximum atomic E-state index is 12.3. The van der Waals surface area contributed by atoms with Gasteiger partial charge in [0.1, 0.15) is 13.1 Å². The van der Waals surface area contributed by atoms with Crippen LogP contribution in [-0.2, 0) is 9.59 Å². The Labute approximate surface area is 110 Å². The van der Waals surface area contributed by atoms with Crippen LogP contribution in [0.5, 0.6) is 0 Å². The van der Waals surface area contributed by atoms with Gasteiger partial charge in [0.25, 0.3) is 0 Å². The first kappa shape index (κ1) is 17.7. The Morgan fingerprint density at radius 2 is 1.68 bits per heavy atom. The summed E-state index contributed by atoms with van der Waals surface area (Å²) in [4.78, 5) is 24.7. The molecule has 0 aromatic carbocycles. The Kier molecular flexibility index (Phi) is 7.43. The van der Waals surface area contributed by atoms with Crippen molar-refractivity contribution in [3.05, 3.63) is 0 Å². The summed E-state index contributed by atoms with van der Waals surface area (Å²) in [7, 11) is 2.81. The molecule has 0 atom stereocenters. The van der Waals surface area contributed by atoms with Crippen LogP contribution < -0.4 is 0 Å². The van der Waals surface area contributed by atoms with Gasteiger partial charge in [0.2, 0.25) is 11.8 Å². The van der Waals surface area contributed by atoms with E-state index in [4.69, 9.17) is 5.11 Å². The van der Waals surface area contributed by atoms with Gasteiger partial charge in [-0.3, -0.25) is 9.59 Å². The Balaban J connectivity index is 4.57. The van der Waals surface area contributed by atoms with Crippen LogP contribution in [0.15, 0.2) is 0 Å². The number of unbranched alkanes of at least 4 members (excludes halogenated alkanes) is 1. The minimum absolute atomic E-state index is 0.114. The van der Waals surface area contributed by atoms with Crippen molar-refractivity contribution in [1.29, 1.82) is 0 Å². The van der Waals surface area contributed by atoms with Crippen molar-refractivity contribution in [3.8, 4) is 0 Å². The summed E-state index contributed by atoms with van der Waals surface area (Å²) in [6.45, 7) is -2.15. The molecule has 0 saturated heterocycles. The van der Waals surface area contributed by atoms with E-state index in [2.05, 4.69) is 0 Å². The molecule has 0 spiro atoms. The molecule has 0 aliphatic heterocycles. The van der Waals surface area contributed by atoms with Crippen molar-refractivity contribution in [2.45, 2.75) is 25.4 Å². The molecule has 8 heteroatoms. The van der Waals surface area contributed by atoms with Gasteiger partial charge < -0.3 is 14.9 Å². The van der Waals surface area contributed by atoms with Crippen molar-refractivity contribution in [2.75, 3.05) is 33.8 Å².